The van der Waals surface area contributed by atoms with E-state index in [1.807, 2.05) is 30.9 Å². The molecule has 0 bridgehead atoms. The van der Waals surface area contributed by atoms with Gasteiger partial charge in [0.05, 0.1) is 17.5 Å². The monoisotopic (exact) mass is 423 g/mol. The van der Waals surface area contributed by atoms with Crippen molar-refractivity contribution in [3.05, 3.63) is 24.3 Å². The van der Waals surface area contributed by atoms with Crippen molar-refractivity contribution in [3.8, 4) is 0 Å². The number of fused-ring (bicyclic) bond motifs is 1. The molecule has 2 heterocycles. The SMILES string of the molecule is CCN(CC)c1ccc(N2C(=NC(=O)CC(C)C)S[C@@H]3CS(=O)(=O)C[C@@H]32)cc1. The van der Waals surface area contributed by atoms with E-state index in [0.29, 0.717) is 11.6 Å². The van der Waals surface area contributed by atoms with Crippen LogP contribution < -0.4 is 9.80 Å². The van der Waals surface area contributed by atoms with E-state index in [0.717, 1.165) is 24.5 Å². The highest BCUT2D eigenvalue weighted by atomic mass is 32.2. The number of nitrogens with zero attached hydrogens (tertiary/aromatic N) is 3. The molecule has 2 aliphatic heterocycles. The Balaban J connectivity index is 1.92. The molecular formula is C20H29N3O3S2. The van der Waals surface area contributed by atoms with E-state index in [1.54, 1.807) is 0 Å². The number of carbonyl (C=O) groups is 1. The molecule has 2 aliphatic rings. The van der Waals surface area contributed by atoms with Crippen molar-refractivity contribution in [2.45, 2.75) is 45.4 Å². The molecule has 0 unspecified atom stereocenters. The number of sulfone groups is 1. The lowest BCUT2D eigenvalue weighted by Gasteiger charge is -2.26. The molecule has 0 N–H and O–H groups in total. The molecule has 3 rings (SSSR count). The van der Waals surface area contributed by atoms with Crippen LogP contribution in [0.15, 0.2) is 29.3 Å². The summed E-state index contributed by atoms with van der Waals surface area (Å²) < 4.78 is 24.3. The lowest BCUT2D eigenvalue weighted by molar-refractivity contribution is -0.118. The Morgan fingerprint density at radius 3 is 2.43 bits per heavy atom. The molecule has 2 fully saturated rings. The fraction of sp³-hybridized carbons (Fsp3) is 0.600. The number of amides is 1. The number of thioether (sulfide) groups is 1. The fourth-order valence-corrected chi connectivity index (χ4v) is 7.71. The second kappa shape index (κ2) is 8.45. The van der Waals surface area contributed by atoms with Crippen LogP contribution in [0.2, 0.25) is 0 Å². The zero-order chi connectivity index (χ0) is 20.5. The van der Waals surface area contributed by atoms with E-state index in [1.165, 1.54) is 11.8 Å². The van der Waals surface area contributed by atoms with Crippen molar-refractivity contribution < 1.29 is 13.2 Å². The lowest BCUT2D eigenvalue weighted by atomic mass is 10.1. The zero-order valence-electron chi connectivity index (χ0n) is 17.0. The molecule has 8 heteroatoms. The van der Waals surface area contributed by atoms with Crippen LogP contribution in [-0.2, 0) is 14.6 Å². The summed E-state index contributed by atoms with van der Waals surface area (Å²) in [6.07, 6.45) is 0.395. The van der Waals surface area contributed by atoms with E-state index in [9.17, 15) is 13.2 Å². The van der Waals surface area contributed by atoms with Crippen LogP contribution in [0.4, 0.5) is 11.4 Å². The summed E-state index contributed by atoms with van der Waals surface area (Å²) in [5.74, 6) is 0.350. The van der Waals surface area contributed by atoms with Gasteiger partial charge in [-0.15, -0.1) is 0 Å². The lowest BCUT2D eigenvalue weighted by Crippen LogP contribution is -2.37. The Labute approximate surface area is 172 Å². The van der Waals surface area contributed by atoms with Crippen molar-refractivity contribution >= 4 is 44.0 Å². The first-order chi connectivity index (χ1) is 13.2. The largest absolute Gasteiger partial charge is 0.372 e. The number of anilines is 2. The second-order valence-corrected chi connectivity index (χ2v) is 11.1. The Bertz CT molecular complexity index is 846. The van der Waals surface area contributed by atoms with Crippen LogP contribution in [0.25, 0.3) is 0 Å². The predicted molar refractivity (Wildman–Crippen MR) is 118 cm³/mol. The third-order valence-electron chi connectivity index (χ3n) is 5.13. The average Bonchev–Trinajstić information content (AvgIpc) is 3.06. The standard InChI is InChI=1S/C20H29N3O3S2/c1-5-22(6-2)15-7-9-16(10-8-15)23-17-12-28(25,26)13-18(17)27-20(23)21-19(24)11-14(3)4/h7-10,14,17-18H,5-6,11-13H2,1-4H3/t17-,18+/m0/s1. The van der Waals surface area contributed by atoms with Gasteiger partial charge < -0.3 is 9.80 Å². The van der Waals surface area contributed by atoms with Crippen LogP contribution in [0.5, 0.6) is 0 Å². The molecule has 0 aliphatic carbocycles. The first-order valence-electron chi connectivity index (χ1n) is 9.87. The number of hydrogen-bond donors (Lipinski definition) is 0. The number of rotatable bonds is 6. The van der Waals surface area contributed by atoms with E-state index < -0.39 is 9.84 Å². The van der Waals surface area contributed by atoms with Gasteiger partial charge in [-0.2, -0.15) is 4.99 Å². The summed E-state index contributed by atoms with van der Waals surface area (Å²) in [7, 11) is -3.06. The normalized spacial score (nSPS) is 24.8. The quantitative estimate of drug-likeness (QED) is 0.700. The van der Waals surface area contributed by atoms with Crippen LogP contribution in [0, 0.1) is 5.92 Å². The highest BCUT2D eigenvalue weighted by Gasteiger charge is 2.49. The van der Waals surface area contributed by atoms with Gasteiger partial charge in [0.15, 0.2) is 15.0 Å². The highest BCUT2D eigenvalue weighted by Crippen LogP contribution is 2.41. The average molecular weight is 424 g/mol. The molecule has 0 aromatic heterocycles. The molecule has 0 spiro atoms. The summed E-state index contributed by atoms with van der Waals surface area (Å²) in [5, 5.41) is 0.559. The Morgan fingerprint density at radius 2 is 1.86 bits per heavy atom. The molecule has 28 heavy (non-hydrogen) atoms. The highest BCUT2D eigenvalue weighted by molar-refractivity contribution is 8.16. The van der Waals surface area contributed by atoms with E-state index in [-0.39, 0.29) is 34.6 Å². The predicted octanol–water partition coefficient (Wildman–Crippen LogP) is 3.18. The van der Waals surface area contributed by atoms with Gasteiger partial charge in [0.25, 0.3) is 0 Å². The van der Waals surface area contributed by atoms with Crippen LogP contribution in [0.3, 0.4) is 0 Å². The van der Waals surface area contributed by atoms with Gasteiger partial charge >= 0.3 is 0 Å². The maximum atomic E-state index is 12.3. The smallest absolute Gasteiger partial charge is 0.248 e. The maximum absolute atomic E-state index is 12.3. The summed E-state index contributed by atoms with van der Waals surface area (Å²) in [4.78, 5) is 20.9. The zero-order valence-corrected chi connectivity index (χ0v) is 18.6. The molecule has 2 atom stereocenters. The Kier molecular flexibility index (Phi) is 6.39. The third-order valence-corrected chi connectivity index (χ3v) is 8.34. The molecule has 1 aromatic carbocycles. The topological polar surface area (TPSA) is 70.0 Å². The van der Waals surface area contributed by atoms with Crippen molar-refractivity contribution in [3.63, 3.8) is 0 Å². The van der Waals surface area contributed by atoms with Gasteiger partial charge in [0.1, 0.15) is 0 Å². The van der Waals surface area contributed by atoms with Gasteiger partial charge in [-0.05, 0) is 44.0 Å². The number of hydrogen-bond acceptors (Lipinski definition) is 5. The van der Waals surface area contributed by atoms with Gasteiger partial charge in [0, 0.05) is 36.1 Å². The van der Waals surface area contributed by atoms with Gasteiger partial charge in [-0.3, -0.25) is 4.79 Å². The van der Waals surface area contributed by atoms with Crippen molar-refractivity contribution in [2.24, 2.45) is 10.9 Å². The third kappa shape index (κ3) is 4.54. The number of amidine groups is 1. The number of carbonyl (C=O) groups excluding carboxylic acids is 1. The van der Waals surface area contributed by atoms with Crippen molar-refractivity contribution in [2.75, 3.05) is 34.4 Å². The first kappa shape index (κ1) is 21.2. The molecule has 1 amide bonds. The van der Waals surface area contributed by atoms with E-state index >= 15 is 0 Å². The van der Waals surface area contributed by atoms with Gasteiger partial charge in [-0.25, -0.2) is 8.42 Å². The molecular weight excluding hydrogens is 394 g/mol. The minimum Gasteiger partial charge on any atom is -0.372 e. The summed E-state index contributed by atoms with van der Waals surface area (Å²) >= 11 is 1.43. The van der Waals surface area contributed by atoms with E-state index in [2.05, 4.69) is 35.9 Å². The summed E-state index contributed by atoms with van der Waals surface area (Å²) in [5.41, 5.74) is 2.02. The van der Waals surface area contributed by atoms with Gasteiger partial charge in [0.2, 0.25) is 5.91 Å². The summed E-state index contributed by atoms with van der Waals surface area (Å²) in [6.45, 7) is 10.1. The molecule has 0 saturated carbocycles. The van der Waals surface area contributed by atoms with Crippen molar-refractivity contribution in [1.82, 2.24) is 0 Å². The second-order valence-electron chi connectivity index (χ2n) is 7.75. The Hall–Kier alpha value is -1.54. The molecule has 2 saturated heterocycles. The number of aliphatic imine (C=N–C) groups is 1. The van der Waals surface area contributed by atoms with Crippen LogP contribution in [0.1, 0.15) is 34.1 Å². The van der Waals surface area contributed by atoms with E-state index in [4.69, 9.17) is 0 Å². The minimum atomic E-state index is -3.06. The molecule has 154 valence electrons. The first-order valence-corrected chi connectivity index (χ1v) is 12.6. The fourth-order valence-electron chi connectivity index (χ4n) is 3.78. The van der Waals surface area contributed by atoms with Crippen LogP contribution in [-0.4, -0.2) is 55.4 Å². The summed E-state index contributed by atoms with van der Waals surface area (Å²) in [6, 6.07) is 7.95. The number of benzene rings is 1. The maximum Gasteiger partial charge on any atom is 0.248 e. The molecule has 6 nitrogen and oxygen atoms in total. The Morgan fingerprint density at radius 1 is 1.21 bits per heavy atom. The van der Waals surface area contributed by atoms with Crippen LogP contribution >= 0.6 is 11.8 Å². The van der Waals surface area contributed by atoms with Crippen molar-refractivity contribution in [1.29, 1.82) is 0 Å². The molecule has 1 aromatic rings. The molecule has 0 radical (unpaired) electrons. The van der Waals surface area contributed by atoms with Gasteiger partial charge in [-0.1, -0.05) is 25.6 Å². The minimum absolute atomic E-state index is 0.0712.